The topological polar surface area (TPSA) is 0 Å². The van der Waals surface area contributed by atoms with Gasteiger partial charge in [0.1, 0.15) is 0 Å². The molecule has 0 nitrogen and oxygen atoms in total. The van der Waals surface area contributed by atoms with Crippen molar-refractivity contribution >= 4 is 8.41 Å². The minimum Gasteiger partial charge on any atom is 0 e. The van der Waals surface area contributed by atoms with Crippen LogP contribution in [0.4, 0.5) is 0 Å². The molecule has 0 saturated carbocycles. The average molecular weight is 262 g/mol. The van der Waals surface area contributed by atoms with Crippen molar-refractivity contribution < 1.29 is 58.9 Å². The van der Waals surface area contributed by atoms with E-state index in [9.17, 15) is 0 Å². The van der Waals surface area contributed by atoms with Crippen LogP contribution in [-0.4, -0.2) is 8.41 Å². The molecule has 0 fully saturated rings. The smallest absolute Gasteiger partial charge is 0 e. The van der Waals surface area contributed by atoms with Crippen LogP contribution in [0.2, 0.25) is 0 Å². The minimum atomic E-state index is 0. The van der Waals surface area contributed by atoms with E-state index in [1.165, 1.54) is 0 Å². The van der Waals surface area contributed by atoms with Gasteiger partial charge in [-0.15, -0.1) is 0 Å². The second-order valence-electron chi connectivity index (χ2n) is 0. The van der Waals surface area contributed by atoms with Crippen molar-refractivity contribution in [2.24, 2.45) is 0 Å². The Morgan fingerprint density at radius 1 is 0.750 bits per heavy atom. The van der Waals surface area contributed by atoms with Gasteiger partial charge in [0.25, 0.3) is 0 Å². The molecule has 0 aromatic heterocycles. The van der Waals surface area contributed by atoms with E-state index in [0.29, 0.717) is 0 Å². The summed E-state index contributed by atoms with van der Waals surface area (Å²) in [4.78, 5) is 0. The predicted octanol–water partition coefficient (Wildman–Crippen LogP) is -0.388. The van der Waals surface area contributed by atoms with E-state index >= 15 is 0 Å². The van der Waals surface area contributed by atoms with Crippen molar-refractivity contribution in [1.82, 2.24) is 0 Å². The predicted molar refractivity (Wildman–Crippen MR) is 5.75 cm³/mol. The molecule has 0 unspecified atom stereocenters. The number of rotatable bonds is 0. The van der Waals surface area contributed by atoms with Crippen LogP contribution in [0.25, 0.3) is 0 Å². The summed E-state index contributed by atoms with van der Waals surface area (Å²) in [5.41, 5.74) is 0. The Morgan fingerprint density at radius 2 is 0.750 bits per heavy atom. The van der Waals surface area contributed by atoms with Gasteiger partial charge in [0.15, 0.2) is 0 Å². The van der Waals surface area contributed by atoms with Crippen molar-refractivity contribution in [3.8, 4) is 0 Å². The van der Waals surface area contributed by atoms with E-state index in [1.807, 2.05) is 0 Å². The summed E-state index contributed by atoms with van der Waals surface area (Å²) >= 11 is 0. The summed E-state index contributed by atoms with van der Waals surface area (Å²) in [5, 5.41) is 0. The quantitative estimate of drug-likeness (QED) is 0.521. The summed E-state index contributed by atoms with van der Waals surface area (Å²) in [6.45, 7) is 0. The van der Waals surface area contributed by atoms with Crippen LogP contribution >= 0.6 is 0 Å². The van der Waals surface area contributed by atoms with Crippen LogP contribution in [0.15, 0.2) is 0 Å². The zero-order valence-corrected chi connectivity index (χ0v) is 6.78. The van der Waals surface area contributed by atoms with Crippen molar-refractivity contribution in [3.63, 3.8) is 0 Å². The summed E-state index contributed by atoms with van der Waals surface area (Å²) < 4.78 is 0. The monoisotopic (exact) mass is 266 g/mol. The first-order valence-corrected chi connectivity index (χ1v) is 0. The Labute approximate surface area is 66.8 Å². The molecule has 24 valence electrons. The first-order valence-electron chi connectivity index (χ1n) is 0. The van der Waals surface area contributed by atoms with Gasteiger partial charge in [-0.1, -0.05) is 0 Å². The molecular formula is BCoMo2. The van der Waals surface area contributed by atoms with Gasteiger partial charge in [-0.3, -0.25) is 0 Å². The maximum Gasteiger partial charge on any atom is 0 e. The molecule has 0 aromatic carbocycles. The molecule has 4 heavy (non-hydrogen) atoms. The van der Waals surface area contributed by atoms with Crippen LogP contribution in [0, 0.1) is 0 Å². The Balaban J connectivity index is 0. The van der Waals surface area contributed by atoms with Gasteiger partial charge in [-0.25, -0.2) is 0 Å². The summed E-state index contributed by atoms with van der Waals surface area (Å²) in [6.07, 6.45) is 0. The van der Waals surface area contributed by atoms with Crippen LogP contribution in [-0.2, 0) is 58.9 Å². The second kappa shape index (κ2) is 20.3. The van der Waals surface area contributed by atoms with Crippen molar-refractivity contribution in [2.75, 3.05) is 0 Å². The molecule has 4 radical (unpaired) electrons. The van der Waals surface area contributed by atoms with Gasteiger partial charge in [0, 0.05) is 67.3 Å². The van der Waals surface area contributed by atoms with Gasteiger partial charge in [0.2, 0.25) is 0 Å². The van der Waals surface area contributed by atoms with E-state index in [4.69, 9.17) is 0 Å². The molecular weight excluding hydrogens is 262 g/mol. The van der Waals surface area contributed by atoms with Crippen LogP contribution < -0.4 is 0 Å². The molecule has 0 N–H and O–H groups in total. The molecule has 0 aliphatic heterocycles. The first kappa shape index (κ1) is 38.4. The van der Waals surface area contributed by atoms with Crippen molar-refractivity contribution in [3.05, 3.63) is 0 Å². The SMILES string of the molecule is [B].[Co].[Mo].[Mo]. The van der Waals surface area contributed by atoms with E-state index in [2.05, 4.69) is 0 Å². The zero-order chi connectivity index (χ0) is 0. The Kier molecular flexibility index (Phi) is 195. The van der Waals surface area contributed by atoms with Crippen LogP contribution in [0.5, 0.6) is 0 Å². The molecule has 0 aliphatic carbocycles. The zero-order valence-electron chi connectivity index (χ0n) is 1.73. The summed E-state index contributed by atoms with van der Waals surface area (Å²) in [5.74, 6) is 0. The molecule has 0 aliphatic rings. The third-order valence-electron chi connectivity index (χ3n) is 0. The third kappa shape index (κ3) is 9.04. The Morgan fingerprint density at radius 3 is 0.750 bits per heavy atom. The fourth-order valence-electron chi connectivity index (χ4n) is 0. The summed E-state index contributed by atoms with van der Waals surface area (Å²) in [6, 6.07) is 0. The minimum absolute atomic E-state index is 0. The fraction of sp³-hybridized carbons (Fsp3) is 0. The van der Waals surface area contributed by atoms with Gasteiger partial charge in [0.05, 0.1) is 0 Å². The first-order chi connectivity index (χ1) is 0. The molecule has 0 saturated heterocycles. The fourth-order valence-corrected chi connectivity index (χ4v) is 0. The van der Waals surface area contributed by atoms with Crippen molar-refractivity contribution in [1.29, 1.82) is 0 Å². The molecule has 0 bridgehead atoms. The largest absolute Gasteiger partial charge is 0 e. The number of hydrogen-bond acceptors (Lipinski definition) is 0. The normalized spacial score (nSPS) is 0. The maximum atomic E-state index is 0. The van der Waals surface area contributed by atoms with Crippen LogP contribution in [0.1, 0.15) is 0 Å². The van der Waals surface area contributed by atoms with E-state index in [0.717, 1.165) is 0 Å². The molecule has 0 heterocycles. The average Bonchev–Trinajstić information content (AvgIpc) is 0. The summed E-state index contributed by atoms with van der Waals surface area (Å²) in [7, 11) is 0. The molecule has 4 heteroatoms. The van der Waals surface area contributed by atoms with Crippen molar-refractivity contribution in [2.45, 2.75) is 0 Å². The molecule has 0 amide bonds. The Hall–Kier alpha value is 1.95. The van der Waals surface area contributed by atoms with Crippen LogP contribution in [0.3, 0.4) is 0 Å². The molecule has 0 aromatic rings. The van der Waals surface area contributed by atoms with E-state index in [-0.39, 0.29) is 67.3 Å². The molecule has 0 spiro atoms. The van der Waals surface area contributed by atoms with Gasteiger partial charge in [-0.2, -0.15) is 0 Å². The number of hydrogen-bond donors (Lipinski definition) is 0. The van der Waals surface area contributed by atoms with Gasteiger partial charge >= 0.3 is 0 Å². The maximum absolute atomic E-state index is 0. The molecule has 0 atom stereocenters. The molecule has 0 rings (SSSR count). The van der Waals surface area contributed by atoms with E-state index in [1.54, 1.807) is 0 Å². The van der Waals surface area contributed by atoms with E-state index < -0.39 is 0 Å². The van der Waals surface area contributed by atoms with Gasteiger partial charge in [-0.05, 0) is 0 Å². The van der Waals surface area contributed by atoms with Gasteiger partial charge < -0.3 is 0 Å². The third-order valence-corrected chi connectivity index (χ3v) is 0. The standard InChI is InChI=1S/B.Co.2Mo. The Bertz CT molecular complexity index is 6.00. The second-order valence-corrected chi connectivity index (χ2v) is 0.